The van der Waals surface area contributed by atoms with Crippen LogP contribution in [0.4, 0.5) is 11.4 Å². The highest BCUT2D eigenvalue weighted by Crippen LogP contribution is 2.30. The number of piperazine rings is 1. The summed E-state index contributed by atoms with van der Waals surface area (Å²) in [4.78, 5) is 17.4. The molecule has 0 spiro atoms. The minimum atomic E-state index is -3.27. The largest absolute Gasteiger partial charge is 0.369 e. The Labute approximate surface area is 191 Å². The quantitative estimate of drug-likeness (QED) is 0.647. The van der Waals surface area contributed by atoms with E-state index >= 15 is 0 Å². The van der Waals surface area contributed by atoms with Gasteiger partial charge in [0.15, 0.2) is 0 Å². The first-order valence-electron chi connectivity index (χ1n) is 11.2. The number of sulfonamides is 1. The second-order valence-corrected chi connectivity index (χ2v) is 10.6. The molecule has 32 heavy (non-hydrogen) atoms. The molecule has 0 saturated carbocycles. The maximum Gasteiger partial charge on any atom is 0.251 e. The molecule has 7 nitrogen and oxygen atoms in total. The summed E-state index contributed by atoms with van der Waals surface area (Å²) in [6.45, 7) is 8.27. The lowest BCUT2D eigenvalue weighted by molar-refractivity contribution is 0.0951. The third-order valence-corrected chi connectivity index (χ3v) is 7.45. The summed E-state index contributed by atoms with van der Waals surface area (Å²) in [6.07, 6.45) is 2.76. The summed E-state index contributed by atoms with van der Waals surface area (Å²) >= 11 is 0. The van der Waals surface area contributed by atoms with Crippen molar-refractivity contribution in [2.45, 2.75) is 19.8 Å². The van der Waals surface area contributed by atoms with Gasteiger partial charge in [0, 0.05) is 50.5 Å². The van der Waals surface area contributed by atoms with Gasteiger partial charge < -0.3 is 10.2 Å². The van der Waals surface area contributed by atoms with Crippen molar-refractivity contribution in [3.63, 3.8) is 0 Å². The molecule has 1 N–H and O–H groups in total. The number of benzene rings is 2. The molecule has 0 unspecified atom stereocenters. The molecule has 2 aromatic rings. The zero-order chi connectivity index (χ0) is 22.7. The molecule has 1 saturated heterocycles. The van der Waals surface area contributed by atoms with E-state index in [-0.39, 0.29) is 5.91 Å². The fourth-order valence-corrected chi connectivity index (χ4v) is 5.48. The van der Waals surface area contributed by atoms with Gasteiger partial charge in [-0.05, 0) is 67.8 Å². The van der Waals surface area contributed by atoms with E-state index in [0.29, 0.717) is 30.8 Å². The first-order valence-corrected chi connectivity index (χ1v) is 13.1. The summed E-state index contributed by atoms with van der Waals surface area (Å²) in [5.74, 6) is -0.102. The number of anilines is 2. The molecule has 0 radical (unpaired) electrons. The standard InChI is InChI=1S/C24H32N4O3S/c1-19-5-3-6-22(17-19)27-15-13-26(14-16-27)11-4-10-25-24(29)21-7-8-23-20(18-21)9-12-28(23)32(2,30)31/h3,5-8,17-18H,4,9-16H2,1-2H3,(H,25,29). The van der Waals surface area contributed by atoms with Crippen LogP contribution in [0.5, 0.6) is 0 Å². The lowest BCUT2D eigenvalue weighted by Crippen LogP contribution is -2.47. The summed E-state index contributed by atoms with van der Waals surface area (Å²) in [6, 6.07) is 13.9. The molecule has 8 heteroatoms. The third kappa shape index (κ3) is 5.24. The predicted octanol–water partition coefficient (Wildman–Crippen LogP) is 2.26. The van der Waals surface area contributed by atoms with Gasteiger partial charge in [0.1, 0.15) is 0 Å². The van der Waals surface area contributed by atoms with Crippen LogP contribution in [0.2, 0.25) is 0 Å². The number of fused-ring (bicyclic) bond motifs is 1. The molecular weight excluding hydrogens is 424 g/mol. The zero-order valence-electron chi connectivity index (χ0n) is 18.9. The Kier molecular flexibility index (Phi) is 6.71. The van der Waals surface area contributed by atoms with Gasteiger partial charge in [0.2, 0.25) is 10.0 Å². The lowest BCUT2D eigenvalue weighted by Gasteiger charge is -2.36. The molecule has 0 atom stereocenters. The van der Waals surface area contributed by atoms with Gasteiger partial charge in [-0.2, -0.15) is 0 Å². The van der Waals surface area contributed by atoms with Gasteiger partial charge in [0.25, 0.3) is 5.91 Å². The van der Waals surface area contributed by atoms with Crippen molar-refractivity contribution in [2.24, 2.45) is 0 Å². The Balaban J connectivity index is 1.20. The highest BCUT2D eigenvalue weighted by molar-refractivity contribution is 7.92. The number of carbonyl (C=O) groups is 1. The molecule has 172 valence electrons. The van der Waals surface area contributed by atoms with Crippen LogP contribution >= 0.6 is 0 Å². The zero-order valence-corrected chi connectivity index (χ0v) is 19.7. The maximum atomic E-state index is 12.5. The second-order valence-electron chi connectivity index (χ2n) is 8.71. The van der Waals surface area contributed by atoms with Crippen LogP contribution < -0.4 is 14.5 Å². The van der Waals surface area contributed by atoms with Crippen molar-refractivity contribution in [3.8, 4) is 0 Å². The Morgan fingerprint density at radius 2 is 1.81 bits per heavy atom. The van der Waals surface area contributed by atoms with Crippen molar-refractivity contribution in [1.29, 1.82) is 0 Å². The van der Waals surface area contributed by atoms with Crippen LogP contribution in [0, 0.1) is 6.92 Å². The molecule has 1 amide bonds. The lowest BCUT2D eigenvalue weighted by atomic mass is 10.1. The summed E-state index contributed by atoms with van der Waals surface area (Å²) in [5, 5.41) is 3.00. The van der Waals surface area contributed by atoms with Crippen LogP contribution in [0.25, 0.3) is 0 Å². The molecule has 2 heterocycles. The minimum Gasteiger partial charge on any atom is -0.369 e. The predicted molar refractivity (Wildman–Crippen MR) is 129 cm³/mol. The number of rotatable bonds is 7. The molecule has 1 fully saturated rings. The Morgan fingerprint density at radius 1 is 1.03 bits per heavy atom. The molecule has 4 rings (SSSR count). The summed E-state index contributed by atoms with van der Waals surface area (Å²) < 4.78 is 25.1. The van der Waals surface area contributed by atoms with E-state index in [1.54, 1.807) is 12.1 Å². The Bertz CT molecular complexity index is 1080. The molecule has 0 aromatic heterocycles. The second kappa shape index (κ2) is 9.50. The monoisotopic (exact) mass is 456 g/mol. The van der Waals surface area contributed by atoms with Crippen LogP contribution in [-0.4, -0.2) is 71.3 Å². The highest BCUT2D eigenvalue weighted by atomic mass is 32.2. The number of nitrogens with zero attached hydrogens (tertiary/aromatic N) is 3. The summed E-state index contributed by atoms with van der Waals surface area (Å²) in [7, 11) is -3.27. The Morgan fingerprint density at radius 3 is 2.53 bits per heavy atom. The van der Waals surface area contributed by atoms with Crippen molar-refractivity contribution >= 4 is 27.3 Å². The molecule has 2 aliphatic heterocycles. The average Bonchev–Trinajstić information content (AvgIpc) is 3.21. The van der Waals surface area contributed by atoms with Crippen molar-refractivity contribution < 1.29 is 13.2 Å². The van der Waals surface area contributed by atoms with Crippen LogP contribution in [-0.2, 0) is 16.4 Å². The topological polar surface area (TPSA) is 73.0 Å². The van der Waals surface area contributed by atoms with E-state index in [4.69, 9.17) is 0 Å². The Hall–Kier alpha value is -2.58. The number of nitrogens with one attached hydrogen (secondary N) is 1. The van der Waals surface area contributed by atoms with Gasteiger partial charge >= 0.3 is 0 Å². The van der Waals surface area contributed by atoms with E-state index < -0.39 is 10.0 Å². The van der Waals surface area contributed by atoms with Gasteiger partial charge in [-0.3, -0.25) is 14.0 Å². The normalized spacial score (nSPS) is 16.8. The molecule has 0 bridgehead atoms. The first-order chi connectivity index (χ1) is 15.3. The number of hydrogen-bond donors (Lipinski definition) is 1. The smallest absolute Gasteiger partial charge is 0.251 e. The molecular formula is C24H32N4O3S. The van der Waals surface area contributed by atoms with Gasteiger partial charge in [-0.1, -0.05) is 12.1 Å². The minimum absolute atomic E-state index is 0.102. The SMILES string of the molecule is Cc1cccc(N2CCN(CCCNC(=O)c3ccc4c(c3)CCN4S(C)(=O)=O)CC2)c1. The van der Waals surface area contributed by atoms with Crippen LogP contribution in [0.3, 0.4) is 0 Å². The van der Waals surface area contributed by atoms with Crippen molar-refractivity contribution in [3.05, 3.63) is 59.2 Å². The molecule has 0 aliphatic carbocycles. The van der Waals surface area contributed by atoms with Crippen LogP contribution in [0.15, 0.2) is 42.5 Å². The average molecular weight is 457 g/mol. The van der Waals surface area contributed by atoms with E-state index in [2.05, 4.69) is 46.3 Å². The fraction of sp³-hybridized carbons (Fsp3) is 0.458. The van der Waals surface area contributed by atoms with E-state index in [9.17, 15) is 13.2 Å². The van der Waals surface area contributed by atoms with Gasteiger partial charge in [-0.25, -0.2) is 8.42 Å². The number of aryl methyl sites for hydroxylation is 1. The number of carbonyl (C=O) groups excluding carboxylic acids is 1. The van der Waals surface area contributed by atoms with E-state index in [1.807, 2.05) is 6.07 Å². The summed E-state index contributed by atoms with van der Waals surface area (Å²) in [5.41, 5.74) is 4.77. The van der Waals surface area contributed by atoms with Crippen molar-refractivity contribution in [1.82, 2.24) is 10.2 Å². The number of amides is 1. The fourth-order valence-electron chi connectivity index (χ4n) is 4.52. The molecule has 2 aromatic carbocycles. The van der Waals surface area contributed by atoms with E-state index in [0.717, 1.165) is 44.7 Å². The van der Waals surface area contributed by atoms with Gasteiger partial charge in [-0.15, -0.1) is 0 Å². The van der Waals surface area contributed by atoms with Crippen LogP contribution in [0.1, 0.15) is 27.9 Å². The van der Waals surface area contributed by atoms with E-state index in [1.165, 1.54) is 21.8 Å². The molecule has 2 aliphatic rings. The third-order valence-electron chi connectivity index (χ3n) is 6.27. The van der Waals surface area contributed by atoms with Gasteiger partial charge in [0.05, 0.1) is 11.9 Å². The van der Waals surface area contributed by atoms with Crippen molar-refractivity contribution in [2.75, 3.05) is 61.3 Å². The first kappa shape index (κ1) is 22.6. The number of hydrogen-bond acceptors (Lipinski definition) is 5. The maximum absolute atomic E-state index is 12.5. The highest BCUT2D eigenvalue weighted by Gasteiger charge is 2.26.